The molecule has 0 unspecified atom stereocenters. The van der Waals surface area contributed by atoms with Gasteiger partial charge < -0.3 is 18.9 Å². The number of halogens is 1. The van der Waals surface area contributed by atoms with Crippen LogP contribution in [0.15, 0.2) is 68.2 Å². The molecule has 1 saturated carbocycles. The number of tetrazole rings is 4. The number of rotatable bonds is 18. The lowest BCUT2D eigenvalue weighted by molar-refractivity contribution is 0.291. The molecule has 0 saturated heterocycles. The molecule has 0 aliphatic heterocycles. The van der Waals surface area contributed by atoms with Crippen LogP contribution in [0, 0.1) is 10.6 Å². The Labute approximate surface area is 507 Å². The van der Waals surface area contributed by atoms with Crippen LogP contribution < -0.4 is 41.7 Å². The molecule has 40 nitrogen and oxygen atoms in total. The van der Waals surface area contributed by atoms with Gasteiger partial charge in [-0.3, -0.25) is 39.1 Å². The molecule has 456 valence electrons. The number of ether oxygens (including phenoxy) is 4. The Morgan fingerprint density at radius 1 is 0.460 bits per heavy atom. The van der Waals surface area contributed by atoms with Gasteiger partial charge in [0.25, 0.3) is 0 Å². The van der Waals surface area contributed by atoms with Gasteiger partial charge in [0.05, 0.1) is 27.9 Å². The molecule has 13 rings (SSSR count). The zero-order valence-electron chi connectivity index (χ0n) is 52.1. The van der Waals surface area contributed by atoms with Crippen LogP contribution in [0.4, 0.5) is 0 Å². The second-order valence-electron chi connectivity index (χ2n) is 18.9. The highest BCUT2D eigenvalue weighted by atomic mass is 127. The number of aromatic nitrogens is 32. The molecule has 0 aromatic carbocycles. The van der Waals surface area contributed by atoms with Gasteiger partial charge in [-0.05, 0) is 90.5 Å². The molecule has 0 atom stereocenters. The van der Waals surface area contributed by atoms with Gasteiger partial charge in [-0.2, -0.15) is 39.1 Å². The maximum absolute atomic E-state index is 12.2. The zero-order valence-corrected chi connectivity index (χ0v) is 50.3. The number of H-pyrrole nitrogens is 4. The minimum atomic E-state index is -0.397. The van der Waals surface area contributed by atoms with E-state index in [4.69, 9.17) is 24.6 Å². The third kappa shape index (κ3) is 12.6. The van der Waals surface area contributed by atoms with Gasteiger partial charge in [-0.25, -0.2) is 19.2 Å². The minimum absolute atomic E-state index is 0.140. The van der Waals surface area contributed by atoms with Crippen molar-refractivity contribution in [1.82, 2.24) is 159 Å². The van der Waals surface area contributed by atoms with Crippen LogP contribution in [0.5, 0.6) is 23.5 Å². The molecule has 1 aliphatic carbocycles. The molecule has 12 heterocycles. The molecule has 0 spiro atoms. The normalized spacial score (nSPS) is 12.5. The molecule has 1 aliphatic rings. The summed E-state index contributed by atoms with van der Waals surface area (Å²) < 4.78 is 68.3. The highest BCUT2D eigenvalue weighted by molar-refractivity contribution is 14.1. The number of nitrogens with one attached hydrogen (secondary N) is 4. The Morgan fingerprint density at radius 3 is 1.16 bits per heavy atom. The molecule has 1 fully saturated rings. The Morgan fingerprint density at radius 2 is 0.793 bits per heavy atom. The van der Waals surface area contributed by atoms with Crippen LogP contribution in [0.3, 0.4) is 0 Å². The van der Waals surface area contributed by atoms with Crippen molar-refractivity contribution in [1.29, 1.82) is 0 Å². The van der Waals surface area contributed by atoms with E-state index in [-0.39, 0.29) is 37.8 Å². The predicted molar refractivity (Wildman–Crippen MR) is 304 cm³/mol. The van der Waals surface area contributed by atoms with Crippen LogP contribution in [0.1, 0.15) is 65.0 Å². The lowest BCUT2D eigenvalue weighted by Crippen LogP contribution is -2.23. The quantitative estimate of drug-likeness (QED) is 0.0700. The fraction of sp³-hybridized carbons (Fsp3) is 0.391. The highest BCUT2D eigenvalue weighted by Crippen LogP contribution is 2.43. The summed E-state index contributed by atoms with van der Waals surface area (Å²) in [5.41, 5.74) is 4.15. The van der Waals surface area contributed by atoms with Gasteiger partial charge in [0.15, 0.2) is 28.9 Å². The second kappa shape index (κ2) is 25.5. The van der Waals surface area contributed by atoms with Crippen molar-refractivity contribution in [2.75, 3.05) is 0 Å². The summed E-state index contributed by atoms with van der Waals surface area (Å²) in [5, 5.41) is 66.5. The van der Waals surface area contributed by atoms with Crippen LogP contribution in [-0.2, 0) is 89.2 Å². The van der Waals surface area contributed by atoms with E-state index in [9.17, 15) is 19.2 Å². The third-order valence-electron chi connectivity index (χ3n) is 13.1. The highest BCUT2D eigenvalue weighted by Gasteiger charge is 2.33. The maximum Gasteiger partial charge on any atom is 0.369 e. The van der Waals surface area contributed by atoms with E-state index in [1.54, 1.807) is 64.1 Å². The molecule has 0 amide bonds. The standard InChI is InChI=1S/C13H16N8O2.C12H16N8O2.C11H14N8O2.C10H11IN8O2/c1-19-11(8-3-4-8)9(7-23-10-5-6-14-15-10)12(16-19)21-13(22)20(2)17-18-21;1-4-9-8(7-22-10-5-6-13-14-10)11(15-18(9)2)20-12(21)19(3)16-17-20;1-7-8(6-21-9-4-5-12-13-9)10(14-17(7)2)19-11(20)18(3)15-16-19;1-17-8(11)6(5-21-7-3-4-12-13-7)9(14-17)19-10(20)18(2)15-16-19/h5-6,8H,3-4,7H2,1-2H3,(H,14,15);5-6H,4,7H2,1-3H3,(H,13,14);4-5H,6H2,1-3H3,(H,12,13);3-4H,5H2,1-2H3,(H,12,13)/i/hT4. The van der Waals surface area contributed by atoms with E-state index < -0.39 is 11.4 Å². The predicted octanol–water partition coefficient (Wildman–Crippen LogP) is -1.64. The summed E-state index contributed by atoms with van der Waals surface area (Å²) in [6, 6.07) is 6.34. The van der Waals surface area contributed by atoms with Crippen molar-refractivity contribution in [2.45, 2.75) is 65.5 Å². The maximum atomic E-state index is 12.2. The first-order valence-corrected chi connectivity index (χ1v) is 27.1. The number of hydrogen-bond acceptors (Lipinski definition) is 24. The van der Waals surface area contributed by atoms with E-state index in [0.717, 1.165) is 97.9 Å². The summed E-state index contributed by atoms with van der Waals surface area (Å²) >= 11 is 2.11. The van der Waals surface area contributed by atoms with Crippen molar-refractivity contribution >= 4 is 22.6 Å². The first-order valence-electron chi connectivity index (χ1n) is 27.8. The zero-order chi connectivity index (χ0) is 65.1. The van der Waals surface area contributed by atoms with E-state index in [1.807, 2.05) is 20.9 Å². The Balaban J connectivity index is 0.000000133. The van der Waals surface area contributed by atoms with Crippen LogP contribution in [0.2, 0.25) is 5.65 Å². The average molecular weight is 1320 g/mol. The van der Waals surface area contributed by atoms with Gasteiger partial charge in [0, 0.05) is 123 Å². The molecule has 4 N–H and O–H groups in total. The minimum Gasteiger partial charge on any atom is -0.472 e. The number of nitrogens with zero attached hydrogens (tertiary/aromatic N) is 28. The smallest absolute Gasteiger partial charge is 0.369 e. The van der Waals surface area contributed by atoms with Gasteiger partial charge in [-0.15, -0.1) is 39.1 Å². The van der Waals surface area contributed by atoms with Crippen molar-refractivity contribution in [3.63, 3.8) is 0 Å². The first kappa shape index (κ1) is 54.1. The van der Waals surface area contributed by atoms with Crippen molar-refractivity contribution in [3.8, 4) is 46.8 Å². The monoisotopic (exact) mass is 1320 g/mol. The van der Waals surface area contributed by atoms with E-state index in [2.05, 4.69) is 105 Å². The second-order valence-corrected chi connectivity index (χ2v) is 19.9. The Hall–Kier alpha value is -10.9. The summed E-state index contributed by atoms with van der Waals surface area (Å²) in [5.74, 6) is 3.23. The fourth-order valence-electron chi connectivity index (χ4n) is 8.45. The summed E-state index contributed by atoms with van der Waals surface area (Å²) in [6.07, 6.45) is 8.74. The third-order valence-corrected chi connectivity index (χ3v) is 14.5. The lowest BCUT2D eigenvalue weighted by atomic mass is 10.1. The van der Waals surface area contributed by atoms with Crippen LogP contribution in [-0.4, -0.2) is 159 Å². The largest absolute Gasteiger partial charge is 0.472 e. The summed E-state index contributed by atoms with van der Waals surface area (Å²) in [6.45, 7) is 4.49. The molecule has 0 radical (unpaired) electrons. The SMILES string of the molecule is [3H]n1ccc(OCc2c(-n3nnn(C)c3=O)nn(C)c2C)n1.[3H]n1ccc(OCc2c(-n3nnn(C)c3=O)nn(C)c2C2CC2)n1.[3H]n1ccc(OCc2c(-n3nnn(C)c3=O)nn(C)c2CC)n1.[3H]n1ccc(OCc2c(-n3nnn(C)c3=O)nn(C)c2I)n1. The van der Waals surface area contributed by atoms with Crippen LogP contribution in [0.25, 0.3) is 23.3 Å². The van der Waals surface area contributed by atoms with E-state index in [0.29, 0.717) is 70.3 Å². The van der Waals surface area contributed by atoms with Gasteiger partial charge in [-0.1, -0.05) is 6.92 Å². The van der Waals surface area contributed by atoms with Crippen molar-refractivity contribution in [3.05, 3.63) is 134 Å². The molecular weight excluding hydrogens is 1260 g/mol. The number of hydrogen-bond donors (Lipinski definition) is 4. The van der Waals surface area contributed by atoms with E-state index >= 15 is 0 Å². The lowest BCUT2D eigenvalue weighted by Gasteiger charge is -2.06. The van der Waals surface area contributed by atoms with Crippen molar-refractivity contribution in [2.24, 2.45) is 56.4 Å². The van der Waals surface area contributed by atoms with Crippen LogP contribution >= 0.6 is 22.6 Å². The molecule has 41 heteroatoms. The first-order chi connectivity index (χ1) is 43.5. The molecular formula is C46H57IN32O8. The number of aryl methyl sites for hydroxylation is 8. The summed E-state index contributed by atoms with van der Waals surface area (Å²) in [4.78, 5) is 48.2. The fourth-order valence-corrected chi connectivity index (χ4v) is 8.96. The summed E-state index contributed by atoms with van der Waals surface area (Å²) in [7, 11) is 13.2. The van der Waals surface area contributed by atoms with Gasteiger partial charge >= 0.3 is 22.8 Å². The average Bonchev–Trinajstić information content (AvgIpc) is 1.66. The molecule has 0 bridgehead atoms. The van der Waals surface area contributed by atoms with Gasteiger partial charge in [0.2, 0.25) is 23.5 Å². The van der Waals surface area contributed by atoms with E-state index in [1.165, 1.54) is 57.7 Å². The number of aromatic amines is 4. The van der Waals surface area contributed by atoms with Gasteiger partial charge in [0.1, 0.15) is 30.1 Å². The molecule has 12 aromatic rings. The molecule has 87 heavy (non-hydrogen) atoms. The molecule has 12 aromatic heterocycles. The topological polar surface area (TPSA) is 434 Å². The Bertz CT molecular complexity index is 4630. The Kier molecular flexibility index (Phi) is 15.9. The van der Waals surface area contributed by atoms with Crippen molar-refractivity contribution < 1.29 is 24.6 Å².